The van der Waals surface area contributed by atoms with Gasteiger partial charge in [0.2, 0.25) is 0 Å². The molecule has 2 aromatic rings. The van der Waals surface area contributed by atoms with E-state index in [1.807, 2.05) is 37.4 Å². The molecule has 0 aliphatic carbocycles. The number of aromatic nitrogens is 1. The first kappa shape index (κ1) is 16.1. The first-order valence-electron chi connectivity index (χ1n) is 8.82. The summed E-state index contributed by atoms with van der Waals surface area (Å²) < 4.78 is 0. The van der Waals surface area contributed by atoms with Crippen LogP contribution < -0.4 is 0 Å². The largest absolute Gasteiger partial charge is 0.481 e. The first-order chi connectivity index (χ1) is 12.0. The van der Waals surface area contributed by atoms with Gasteiger partial charge < -0.3 is 19.9 Å². The number of carbonyl (C=O) groups is 2. The molecule has 0 unspecified atom stereocenters. The van der Waals surface area contributed by atoms with Crippen molar-refractivity contribution in [2.24, 2.45) is 5.41 Å². The molecule has 1 aromatic heterocycles. The van der Waals surface area contributed by atoms with Gasteiger partial charge in [0.1, 0.15) is 5.69 Å². The van der Waals surface area contributed by atoms with Crippen LogP contribution in [0.5, 0.6) is 0 Å². The molecule has 132 valence electrons. The Morgan fingerprint density at radius 2 is 2.04 bits per heavy atom. The normalized spacial score (nSPS) is 27.2. The number of H-pyrrole nitrogens is 1. The summed E-state index contributed by atoms with van der Waals surface area (Å²) in [5.74, 6) is -0.768. The van der Waals surface area contributed by atoms with Crippen molar-refractivity contribution in [2.75, 3.05) is 26.7 Å². The number of carboxylic acid groups (broad SMARTS) is 1. The van der Waals surface area contributed by atoms with Crippen LogP contribution in [0.2, 0.25) is 0 Å². The van der Waals surface area contributed by atoms with E-state index in [-0.39, 0.29) is 11.9 Å². The number of carbonyl (C=O) groups excluding carboxylic acids is 1. The highest BCUT2D eigenvalue weighted by Crippen LogP contribution is 2.42. The molecule has 1 amide bonds. The predicted octanol–water partition coefficient (Wildman–Crippen LogP) is 2.18. The minimum atomic E-state index is -0.721. The molecule has 2 aliphatic rings. The Bertz CT molecular complexity index is 797. The van der Waals surface area contributed by atoms with E-state index in [2.05, 4.69) is 9.88 Å². The van der Waals surface area contributed by atoms with Gasteiger partial charge in [-0.25, -0.2) is 0 Å². The summed E-state index contributed by atoms with van der Waals surface area (Å²) in [5, 5.41) is 10.9. The molecule has 2 atom stereocenters. The Balaban J connectivity index is 1.60. The van der Waals surface area contributed by atoms with Gasteiger partial charge in [0.25, 0.3) is 5.91 Å². The fraction of sp³-hybridized carbons (Fsp3) is 0.474. The van der Waals surface area contributed by atoms with Crippen LogP contribution in [0.4, 0.5) is 0 Å². The van der Waals surface area contributed by atoms with E-state index in [0.29, 0.717) is 31.6 Å². The van der Waals surface area contributed by atoms with Crippen molar-refractivity contribution in [3.8, 4) is 0 Å². The number of piperidine rings is 2. The maximum atomic E-state index is 13.0. The maximum Gasteiger partial charge on any atom is 0.311 e. The predicted molar refractivity (Wildman–Crippen MR) is 94.5 cm³/mol. The van der Waals surface area contributed by atoms with Crippen LogP contribution in [-0.4, -0.2) is 64.5 Å². The molecule has 6 heteroatoms. The molecule has 2 aliphatic heterocycles. The SMILES string of the molecule is CN1CCC[C@]2(C(=O)O)CCN(C(=O)c3cc4ccccc4[nH]3)C[C@@H]12. The fourth-order valence-corrected chi connectivity index (χ4v) is 4.53. The molecule has 2 N–H and O–H groups in total. The van der Waals surface area contributed by atoms with Gasteiger partial charge in [-0.1, -0.05) is 18.2 Å². The third-order valence-corrected chi connectivity index (χ3v) is 6.00. The van der Waals surface area contributed by atoms with Gasteiger partial charge in [-0.2, -0.15) is 0 Å². The molecular formula is C19H23N3O3. The van der Waals surface area contributed by atoms with Crippen LogP contribution >= 0.6 is 0 Å². The van der Waals surface area contributed by atoms with Crippen LogP contribution in [-0.2, 0) is 4.79 Å². The zero-order valence-corrected chi connectivity index (χ0v) is 14.4. The number of likely N-dealkylation sites (tertiary alicyclic amines) is 2. The van der Waals surface area contributed by atoms with Crippen molar-refractivity contribution >= 4 is 22.8 Å². The highest BCUT2D eigenvalue weighted by Gasteiger charge is 2.52. The van der Waals surface area contributed by atoms with E-state index in [0.717, 1.165) is 23.9 Å². The maximum absolute atomic E-state index is 13.0. The van der Waals surface area contributed by atoms with Crippen molar-refractivity contribution in [1.29, 1.82) is 0 Å². The van der Waals surface area contributed by atoms with Crippen LogP contribution in [0.1, 0.15) is 29.8 Å². The summed E-state index contributed by atoms with van der Waals surface area (Å²) in [7, 11) is 1.97. The standard InChI is InChI=1S/C19H23N3O3/c1-21-9-4-7-19(18(24)25)8-10-22(12-16(19)21)17(23)15-11-13-5-2-3-6-14(13)20-15/h2-3,5-6,11,16,20H,4,7-10,12H2,1H3,(H,24,25)/t16-,19+/m1/s1. The molecule has 4 rings (SSSR count). The van der Waals surface area contributed by atoms with Crippen LogP contribution in [0, 0.1) is 5.41 Å². The summed E-state index contributed by atoms with van der Waals surface area (Å²) in [5.41, 5.74) is 0.796. The van der Waals surface area contributed by atoms with Crippen molar-refractivity contribution in [3.63, 3.8) is 0 Å². The molecule has 1 aromatic carbocycles. The number of fused-ring (bicyclic) bond motifs is 2. The summed E-state index contributed by atoms with van der Waals surface area (Å²) >= 11 is 0. The smallest absolute Gasteiger partial charge is 0.311 e. The van der Waals surface area contributed by atoms with Gasteiger partial charge >= 0.3 is 5.97 Å². The second-order valence-electron chi connectivity index (χ2n) is 7.33. The molecule has 2 saturated heterocycles. The second-order valence-corrected chi connectivity index (χ2v) is 7.33. The van der Waals surface area contributed by atoms with E-state index >= 15 is 0 Å². The minimum Gasteiger partial charge on any atom is -0.481 e. The lowest BCUT2D eigenvalue weighted by Crippen LogP contribution is -2.63. The number of carboxylic acids is 1. The molecule has 0 saturated carbocycles. The van der Waals surface area contributed by atoms with E-state index in [4.69, 9.17) is 0 Å². The van der Waals surface area contributed by atoms with Gasteiger partial charge in [0.05, 0.1) is 5.41 Å². The second kappa shape index (κ2) is 5.88. The third-order valence-electron chi connectivity index (χ3n) is 6.00. The van der Waals surface area contributed by atoms with E-state index in [1.165, 1.54) is 0 Å². The number of amides is 1. The summed E-state index contributed by atoms with van der Waals surface area (Å²) in [6.45, 7) is 1.84. The molecule has 0 bridgehead atoms. The summed E-state index contributed by atoms with van der Waals surface area (Å²) in [6.07, 6.45) is 2.12. The minimum absolute atomic E-state index is 0.0471. The fourth-order valence-electron chi connectivity index (χ4n) is 4.53. The quantitative estimate of drug-likeness (QED) is 0.878. The van der Waals surface area contributed by atoms with Crippen LogP contribution in [0.3, 0.4) is 0 Å². The zero-order chi connectivity index (χ0) is 17.6. The number of rotatable bonds is 2. The number of para-hydroxylation sites is 1. The highest BCUT2D eigenvalue weighted by molar-refractivity contribution is 5.98. The number of hydrogen-bond donors (Lipinski definition) is 2. The molecule has 6 nitrogen and oxygen atoms in total. The van der Waals surface area contributed by atoms with Crippen molar-refractivity contribution in [3.05, 3.63) is 36.0 Å². The first-order valence-corrected chi connectivity index (χ1v) is 8.82. The van der Waals surface area contributed by atoms with E-state index in [9.17, 15) is 14.7 Å². The van der Waals surface area contributed by atoms with Gasteiger partial charge in [-0.3, -0.25) is 9.59 Å². The van der Waals surface area contributed by atoms with Crippen molar-refractivity contribution in [1.82, 2.24) is 14.8 Å². The van der Waals surface area contributed by atoms with E-state index in [1.54, 1.807) is 4.90 Å². The average molecular weight is 341 g/mol. The Labute approximate surface area is 146 Å². The molecule has 0 spiro atoms. The number of hydrogen-bond acceptors (Lipinski definition) is 3. The van der Waals surface area contributed by atoms with Crippen LogP contribution in [0.25, 0.3) is 10.9 Å². The lowest BCUT2D eigenvalue weighted by atomic mass is 9.68. The number of aromatic amines is 1. The lowest BCUT2D eigenvalue weighted by Gasteiger charge is -2.51. The number of benzene rings is 1. The average Bonchev–Trinajstić information content (AvgIpc) is 3.05. The highest BCUT2D eigenvalue weighted by atomic mass is 16.4. The monoisotopic (exact) mass is 341 g/mol. The Hall–Kier alpha value is -2.34. The lowest BCUT2D eigenvalue weighted by molar-refractivity contribution is -0.161. The topological polar surface area (TPSA) is 76.6 Å². The molecule has 25 heavy (non-hydrogen) atoms. The third kappa shape index (κ3) is 2.52. The Morgan fingerprint density at radius 1 is 1.24 bits per heavy atom. The summed E-state index contributed by atoms with van der Waals surface area (Å²) in [6, 6.07) is 9.56. The zero-order valence-electron chi connectivity index (χ0n) is 14.4. The van der Waals surface area contributed by atoms with Crippen LogP contribution in [0.15, 0.2) is 30.3 Å². The summed E-state index contributed by atoms with van der Waals surface area (Å²) in [4.78, 5) is 32.0. The molecule has 2 fully saturated rings. The van der Waals surface area contributed by atoms with Crippen molar-refractivity contribution < 1.29 is 14.7 Å². The molecular weight excluding hydrogens is 318 g/mol. The molecule has 0 radical (unpaired) electrons. The van der Waals surface area contributed by atoms with Gasteiger partial charge in [-0.15, -0.1) is 0 Å². The van der Waals surface area contributed by atoms with Gasteiger partial charge in [0.15, 0.2) is 0 Å². The number of likely N-dealkylation sites (N-methyl/N-ethyl adjacent to an activating group) is 1. The Kier molecular flexibility index (Phi) is 3.80. The van der Waals surface area contributed by atoms with Crippen molar-refractivity contribution in [2.45, 2.75) is 25.3 Å². The number of aliphatic carboxylic acids is 1. The number of nitrogens with one attached hydrogen (secondary N) is 1. The van der Waals surface area contributed by atoms with Gasteiger partial charge in [0, 0.05) is 30.0 Å². The number of nitrogens with zero attached hydrogens (tertiary/aromatic N) is 2. The van der Waals surface area contributed by atoms with Gasteiger partial charge in [-0.05, 0) is 45.0 Å². The molecule has 3 heterocycles. The van der Waals surface area contributed by atoms with E-state index < -0.39 is 11.4 Å². The Morgan fingerprint density at radius 3 is 2.80 bits per heavy atom.